The molecule has 3 rings (SSSR count). The van der Waals surface area contributed by atoms with Crippen LogP contribution in [0.2, 0.25) is 15.1 Å². The molecular weight excluding hydrogens is 426 g/mol. The summed E-state index contributed by atoms with van der Waals surface area (Å²) in [6.45, 7) is 4.34. The fourth-order valence-corrected chi connectivity index (χ4v) is 4.02. The summed E-state index contributed by atoms with van der Waals surface area (Å²) in [6, 6.07) is 12.9. The third-order valence-electron chi connectivity index (χ3n) is 4.91. The summed E-state index contributed by atoms with van der Waals surface area (Å²) >= 11 is 18.2. The Hall–Kier alpha value is -0.970. The summed E-state index contributed by atoms with van der Waals surface area (Å²) in [5, 5.41) is 5.14. The Labute approximate surface area is 181 Å². The first-order valence-corrected chi connectivity index (χ1v) is 9.87. The van der Waals surface area contributed by atoms with Crippen LogP contribution in [0.25, 0.3) is 0 Å². The standard InChI is InChI=1S/C20H21Cl3N2O.ClH/c1-2-25(20(26)13-3-6-15(21)7-4-13)19-9-10-24-12-16(19)14-5-8-17(22)18(23)11-14;/h3-8,11,16,19,24H,2,9-10,12H2,1H3;1H/t16-,19+;/m0./s1. The van der Waals surface area contributed by atoms with Crippen molar-refractivity contribution in [2.45, 2.75) is 25.3 Å². The highest BCUT2D eigenvalue weighted by molar-refractivity contribution is 6.42. The maximum Gasteiger partial charge on any atom is 0.254 e. The van der Waals surface area contributed by atoms with Gasteiger partial charge in [0.05, 0.1) is 10.0 Å². The van der Waals surface area contributed by atoms with Gasteiger partial charge in [-0.2, -0.15) is 0 Å². The second-order valence-electron chi connectivity index (χ2n) is 6.44. The molecule has 1 amide bonds. The number of carbonyl (C=O) groups is 1. The van der Waals surface area contributed by atoms with E-state index >= 15 is 0 Å². The van der Waals surface area contributed by atoms with Crippen LogP contribution in [0.15, 0.2) is 42.5 Å². The molecule has 27 heavy (non-hydrogen) atoms. The molecule has 0 bridgehead atoms. The number of rotatable bonds is 4. The Kier molecular flexibility index (Phi) is 8.26. The lowest BCUT2D eigenvalue weighted by atomic mass is 9.85. The zero-order chi connectivity index (χ0) is 18.7. The lowest BCUT2D eigenvalue weighted by molar-refractivity contribution is 0.0628. The normalized spacial score (nSPS) is 19.3. The maximum atomic E-state index is 13.1. The molecule has 3 nitrogen and oxygen atoms in total. The molecule has 7 heteroatoms. The number of likely N-dealkylation sites (N-methyl/N-ethyl adjacent to an activating group) is 1. The molecule has 1 heterocycles. The summed E-state index contributed by atoms with van der Waals surface area (Å²) in [6.07, 6.45) is 0.887. The van der Waals surface area contributed by atoms with Gasteiger partial charge in [0.25, 0.3) is 5.91 Å². The number of halogens is 4. The van der Waals surface area contributed by atoms with Crippen molar-refractivity contribution in [1.82, 2.24) is 10.2 Å². The van der Waals surface area contributed by atoms with Crippen LogP contribution in [-0.4, -0.2) is 36.5 Å². The van der Waals surface area contributed by atoms with E-state index < -0.39 is 0 Å². The molecule has 1 aliphatic rings. The minimum Gasteiger partial charge on any atom is -0.335 e. The van der Waals surface area contributed by atoms with Gasteiger partial charge in [-0.3, -0.25) is 4.79 Å². The third kappa shape index (κ3) is 5.10. The molecule has 2 aromatic carbocycles. The van der Waals surface area contributed by atoms with Crippen molar-refractivity contribution in [3.05, 3.63) is 68.7 Å². The van der Waals surface area contributed by atoms with Crippen molar-refractivity contribution in [3.8, 4) is 0 Å². The summed E-state index contributed by atoms with van der Waals surface area (Å²) in [5.74, 6) is 0.191. The van der Waals surface area contributed by atoms with E-state index in [1.54, 1.807) is 24.3 Å². The zero-order valence-electron chi connectivity index (χ0n) is 14.9. The minimum atomic E-state index is 0. The van der Waals surface area contributed by atoms with Gasteiger partial charge in [0.15, 0.2) is 0 Å². The van der Waals surface area contributed by atoms with Gasteiger partial charge in [0.1, 0.15) is 0 Å². The van der Waals surface area contributed by atoms with E-state index in [2.05, 4.69) is 5.32 Å². The van der Waals surface area contributed by atoms with Crippen LogP contribution < -0.4 is 5.32 Å². The van der Waals surface area contributed by atoms with Gasteiger partial charge in [0.2, 0.25) is 0 Å². The van der Waals surface area contributed by atoms with Crippen LogP contribution in [-0.2, 0) is 0 Å². The van der Waals surface area contributed by atoms with Crippen LogP contribution in [0.1, 0.15) is 35.2 Å². The van der Waals surface area contributed by atoms with Crippen molar-refractivity contribution in [3.63, 3.8) is 0 Å². The van der Waals surface area contributed by atoms with E-state index in [0.29, 0.717) is 27.2 Å². The summed E-state index contributed by atoms with van der Waals surface area (Å²) in [4.78, 5) is 15.1. The topological polar surface area (TPSA) is 32.3 Å². The molecule has 1 fully saturated rings. The molecule has 1 aliphatic heterocycles. The lowest BCUT2D eigenvalue weighted by Gasteiger charge is -2.40. The number of amides is 1. The minimum absolute atomic E-state index is 0. The molecule has 0 radical (unpaired) electrons. The monoisotopic (exact) mass is 446 g/mol. The largest absolute Gasteiger partial charge is 0.335 e. The third-order valence-corrected chi connectivity index (χ3v) is 5.90. The number of piperidine rings is 1. The Morgan fingerprint density at radius 3 is 2.44 bits per heavy atom. The van der Waals surface area contributed by atoms with Crippen molar-refractivity contribution in [1.29, 1.82) is 0 Å². The average Bonchev–Trinajstić information content (AvgIpc) is 2.65. The smallest absolute Gasteiger partial charge is 0.254 e. The van der Waals surface area contributed by atoms with Gasteiger partial charge in [-0.05, 0) is 61.9 Å². The van der Waals surface area contributed by atoms with Crippen LogP contribution in [0.3, 0.4) is 0 Å². The molecule has 2 aromatic rings. The summed E-state index contributed by atoms with van der Waals surface area (Å²) in [7, 11) is 0. The molecule has 0 unspecified atom stereocenters. The first kappa shape index (κ1) is 22.3. The highest BCUT2D eigenvalue weighted by Gasteiger charge is 2.33. The molecular formula is C20H22Cl4N2O. The van der Waals surface area contributed by atoms with E-state index in [-0.39, 0.29) is 30.3 Å². The fraction of sp³-hybridized carbons (Fsp3) is 0.350. The highest BCUT2D eigenvalue weighted by Crippen LogP contribution is 2.32. The fourth-order valence-electron chi connectivity index (χ4n) is 3.59. The van der Waals surface area contributed by atoms with Crippen LogP contribution in [0.4, 0.5) is 0 Å². The molecule has 0 aromatic heterocycles. The molecule has 0 spiro atoms. The number of benzene rings is 2. The van der Waals surface area contributed by atoms with Gasteiger partial charge in [-0.25, -0.2) is 0 Å². The van der Waals surface area contributed by atoms with Gasteiger partial charge < -0.3 is 10.2 Å². The van der Waals surface area contributed by atoms with E-state index in [1.807, 2.05) is 30.0 Å². The van der Waals surface area contributed by atoms with E-state index in [4.69, 9.17) is 34.8 Å². The predicted octanol–water partition coefficient (Wildman–Crippen LogP) is 5.68. The number of hydrogen-bond donors (Lipinski definition) is 1. The number of carbonyl (C=O) groups excluding carboxylic acids is 1. The Balaban J connectivity index is 0.00000261. The Morgan fingerprint density at radius 2 is 1.81 bits per heavy atom. The summed E-state index contributed by atoms with van der Waals surface area (Å²) < 4.78 is 0. The van der Waals surface area contributed by atoms with Crippen LogP contribution in [0.5, 0.6) is 0 Å². The zero-order valence-corrected chi connectivity index (χ0v) is 18.0. The summed E-state index contributed by atoms with van der Waals surface area (Å²) in [5.41, 5.74) is 1.75. The average molecular weight is 448 g/mol. The van der Waals surface area contributed by atoms with Crippen molar-refractivity contribution in [2.75, 3.05) is 19.6 Å². The first-order chi connectivity index (χ1) is 12.5. The molecule has 2 atom stereocenters. The molecule has 0 saturated carbocycles. The number of hydrogen-bond acceptors (Lipinski definition) is 2. The van der Waals surface area contributed by atoms with Gasteiger partial charge in [-0.1, -0.05) is 40.9 Å². The quantitative estimate of drug-likeness (QED) is 0.654. The highest BCUT2D eigenvalue weighted by atomic mass is 35.5. The SMILES string of the molecule is CCN(C(=O)c1ccc(Cl)cc1)[C@@H]1CCNC[C@H]1c1ccc(Cl)c(Cl)c1.Cl. The number of nitrogens with one attached hydrogen (secondary N) is 1. The van der Waals surface area contributed by atoms with Crippen molar-refractivity contribution < 1.29 is 4.79 Å². The second kappa shape index (κ2) is 9.99. The van der Waals surface area contributed by atoms with Gasteiger partial charge in [-0.15, -0.1) is 12.4 Å². The Morgan fingerprint density at radius 1 is 1.11 bits per heavy atom. The van der Waals surface area contributed by atoms with Crippen LogP contribution in [0, 0.1) is 0 Å². The Bertz CT molecular complexity index is 782. The molecule has 146 valence electrons. The number of nitrogens with zero attached hydrogens (tertiary/aromatic N) is 1. The maximum absolute atomic E-state index is 13.1. The molecule has 1 N–H and O–H groups in total. The second-order valence-corrected chi connectivity index (χ2v) is 7.69. The molecule has 0 aliphatic carbocycles. The van der Waals surface area contributed by atoms with Gasteiger partial charge in [0, 0.05) is 35.6 Å². The van der Waals surface area contributed by atoms with Crippen molar-refractivity contribution in [2.24, 2.45) is 0 Å². The van der Waals surface area contributed by atoms with Crippen LogP contribution >= 0.6 is 47.2 Å². The lowest BCUT2D eigenvalue weighted by Crippen LogP contribution is -2.50. The van der Waals surface area contributed by atoms with Crippen molar-refractivity contribution >= 4 is 53.1 Å². The van der Waals surface area contributed by atoms with Gasteiger partial charge >= 0.3 is 0 Å². The van der Waals surface area contributed by atoms with E-state index in [0.717, 1.165) is 25.1 Å². The first-order valence-electron chi connectivity index (χ1n) is 8.73. The predicted molar refractivity (Wildman–Crippen MR) is 116 cm³/mol. The van der Waals surface area contributed by atoms with E-state index in [1.165, 1.54) is 0 Å². The molecule has 1 saturated heterocycles. The van der Waals surface area contributed by atoms with E-state index in [9.17, 15) is 4.79 Å².